The lowest BCUT2D eigenvalue weighted by Crippen LogP contribution is -2.61. The molecular weight excluding hydrogens is 388 g/mol. The average molecular weight is 416 g/mol. The minimum atomic E-state index is -0.985. The van der Waals surface area contributed by atoms with E-state index in [1.165, 1.54) is 4.90 Å². The summed E-state index contributed by atoms with van der Waals surface area (Å²) in [6.45, 7) is 3.43. The summed E-state index contributed by atoms with van der Waals surface area (Å²) in [6.07, 6.45) is 1.67. The third-order valence-corrected chi connectivity index (χ3v) is 6.30. The number of hydrazine groups is 1. The second-order valence-electron chi connectivity index (χ2n) is 7.95. The van der Waals surface area contributed by atoms with Gasteiger partial charge >= 0.3 is 5.97 Å². The van der Waals surface area contributed by atoms with Crippen LogP contribution in [0, 0.1) is 0 Å². The summed E-state index contributed by atoms with van der Waals surface area (Å²) in [5.41, 5.74) is 1.11. The van der Waals surface area contributed by atoms with Crippen molar-refractivity contribution in [2.45, 2.75) is 37.8 Å². The first-order valence-electron chi connectivity index (χ1n) is 10.5. The van der Waals surface area contributed by atoms with Crippen molar-refractivity contribution in [3.63, 3.8) is 0 Å². The number of methoxy groups -OCH3 is 1. The van der Waals surface area contributed by atoms with Crippen LogP contribution in [0.1, 0.15) is 25.7 Å². The number of piperidine rings is 1. The quantitative estimate of drug-likeness (QED) is 0.705. The van der Waals surface area contributed by atoms with Crippen LogP contribution in [0.5, 0.6) is 5.75 Å². The van der Waals surface area contributed by atoms with E-state index in [4.69, 9.17) is 4.74 Å². The standard InChI is InChI=1S/C21H28N4O5/c1-30-16-7-5-15(6-8-16)22-11-13-23(14-12-22)24-10-9-17(20(24)21(28)29)25-18(26)3-2-4-19(25)27/h5-8,17,20H,2-4,9-14H2,1H3,(H,28,29). The molecular formula is C21H28N4O5. The molecule has 3 fully saturated rings. The Balaban J connectivity index is 1.43. The maximum atomic E-state index is 12.4. The first-order valence-corrected chi connectivity index (χ1v) is 10.5. The maximum absolute atomic E-state index is 12.4. The Morgan fingerprint density at radius 3 is 2.20 bits per heavy atom. The zero-order chi connectivity index (χ0) is 21.3. The van der Waals surface area contributed by atoms with Gasteiger partial charge in [0.1, 0.15) is 11.8 Å². The normalized spacial score (nSPS) is 26.3. The molecule has 9 nitrogen and oxygen atoms in total. The van der Waals surface area contributed by atoms with Gasteiger partial charge in [0.05, 0.1) is 13.2 Å². The summed E-state index contributed by atoms with van der Waals surface area (Å²) in [5, 5.41) is 13.8. The van der Waals surface area contributed by atoms with Crippen LogP contribution in [0.25, 0.3) is 0 Å². The number of imide groups is 1. The van der Waals surface area contributed by atoms with Crippen LogP contribution in [0.2, 0.25) is 0 Å². The van der Waals surface area contributed by atoms with Gasteiger partial charge in [-0.25, -0.2) is 10.0 Å². The number of rotatable bonds is 5. The fraction of sp³-hybridized carbons (Fsp3) is 0.571. The number of amides is 2. The van der Waals surface area contributed by atoms with Gasteiger partial charge in [-0.05, 0) is 37.1 Å². The first kappa shape index (κ1) is 20.6. The molecule has 3 aliphatic rings. The lowest BCUT2D eigenvalue weighted by molar-refractivity contribution is -0.159. The molecule has 0 spiro atoms. The Kier molecular flexibility index (Phi) is 5.92. The van der Waals surface area contributed by atoms with Crippen molar-refractivity contribution in [1.82, 2.24) is 14.9 Å². The van der Waals surface area contributed by atoms with Crippen molar-refractivity contribution in [1.29, 1.82) is 0 Å². The summed E-state index contributed by atoms with van der Waals surface area (Å²) >= 11 is 0. The van der Waals surface area contributed by atoms with E-state index in [2.05, 4.69) is 9.91 Å². The van der Waals surface area contributed by atoms with Crippen LogP contribution >= 0.6 is 0 Å². The number of hydrogen-bond donors (Lipinski definition) is 1. The topological polar surface area (TPSA) is 93.6 Å². The number of likely N-dealkylation sites (tertiary alicyclic amines) is 1. The molecule has 1 aromatic carbocycles. The monoisotopic (exact) mass is 416 g/mol. The van der Waals surface area contributed by atoms with Gasteiger partial charge in [0, 0.05) is 51.3 Å². The number of nitrogens with zero attached hydrogens (tertiary/aromatic N) is 4. The number of carboxylic acids is 1. The van der Waals surface area contributed by atoms with E-state index in [-0.39, 0.29) is 11.8 Å². The largest absolute Gasteiger partial charge is 0.497 e. The van der Waals surface area contributed by atoms with Gasteiger partial charge in [-0.2, -0.15) is 0 Å². The van der Waals surface area contributed by atoms with Gasteiger partial charge in [0.15, 0.2) is 0 Å². The number of ether oxygens (including phenoxy) is 1. The predicted octanol–water partition coefficient (Wildman–Crippen LogP) is 0.799. The Morgan fingerprint density at radius 2 is 1.63 bits per heavy atom. The van der Waals surface area contributed by atoms with Crippen molar-refractivity contribution >= 4 is 23.5 Å². The Labute approximate surface area is 175 Å². The van der Waals surface area contributed by atoms with E-state index in [0.29, 0.717) is 45.3 Å². The molecule has 0 aliphatic carbocycles. The highest BCUT2D eigenvalue weighted by atomic mass is 16.5. The Hall–Kier alpha value is -2.65. The number of piperazine rings is 1. The van der Waals surface area contributed by atoms with E-state index in [9.17, 15) is 19.5 Å². The van der Waals surface area contributed by atoms with Crippen molar-refractivity contribution in [3.8, 4) is 5.75 Å². The summed E-state index contributed by atoms with van der Waals surface area (Å²) in [5.74, 6) is -0.657. The zero-order valence-electron chi connectivity index (χ0n) is 17.2. The molecule has 0 saturated carbocycles. The third kappa shape index (κ3) is 3.87. The highest BCUT2D eigenvalue weighted by molar-refractivity contribution is 5.98. The molecule has 3 saturated heterocycles. The molecule has 9 heteroatoms. The molecule has 162 valence electrons. The van der Waals surface area contributed by atoms with E-state index in [1.54, 1.807) is 7.11 Å². The lowest BCUT2D eigenvalue weighted by atomic mass is 10.0. The number of aliphatic carboxylic acids is 1. The molecule has 0 radical (unpaired) electrons. The molecule has 2 atom stereocenters. The van der Waals surface area contributed by atoms with E-state index >= 15 is 0 Å². The van der Waals surface area contributed by atoms with Gasteiger partial charge in [-0.1, -0.05) is 0 Å². The third-order valence-electron chi connectivity index (χ3n) is 6.30. The van der Waals surface area contributed by atoms with E-state index in [1.807, 2.05) is 29.3 Å². The van der Waals surface area contributed by atoms with Gasteiger partial charge in [0.25, 0.3) is 0 Å². The zero-order valence-corrected chi connectivity index (χ0v) is 17.2. The highest BCUT2D eigenvalue weighted by Crippen LogP contribution is 2.30. The van der Waals surface area contributed by atoms with Crippen LogP contribution in [0.3, 0.4) is 0 Å². The number of benzene rings is 1. The van der Waals surface area contributed by atoms with Gasteiger partial charge in [0.2, 0.25) is 11.8 Å². The van der Waals surface area contributed by atoms with Gasteiger partial charge in [-0.15, -0.1) is 0 Å². The van der Waals surface area contributed by atoms with Gasteiger partial charge < -0.3 is 14.7 Å². The molecule has 1 aromatic rings. The molecule has 0 aromatic heterocycles. The van der Waals surface area contributed by atoms with Crippen LogP contribution in [0.4, 0.5) is 5.69 Å². The molecule has 3 heterocycles. The molecule has 3 aliphatic heterocycles. The lowest BCUT2D eigenvalue weighted by Gasteiger charge is -2.43. The van der Waals surface area contributed by atoms with Crippen molar-refractivity contribution in [2.24, 2.45) is 0 Å². The average Bonchev–Trinajstić information content (AvgIpc) is 3.19. The van der Waals surface area contributed by atoms with Gasteiger partial charge in [-0.3, -0.25) is 19.3 Å². The molecule has 1 N–H and O–H groups in total. The smallest absolute Gasteiger partial charge is 0.324 e. The van der Waals surface area contributed by atoms with E-state index in [0.717, 1.165) is 24.5 Å². The second kappa shape index (κ2) is 8.61. The number of carbonyl (C=O) groups excluding carboxylic acids is 2. The number of hydrogen-bond acceptors (Lipinski definition) is 7. The first-order chi connectivity index (χ1) is 14.5. The Bertz CT molecular complexity index is 790. The number of carbonyl (C=O) groups is 3. The number of carboxylic acid groups (broad SMARTS) is 1. The van der Waals surface area contributed by atoms with Crippen LogP contribution in [-0.2, 0) is 14.4 Å². The van der Waals surface area contributed by atoms with Crippen LogP contribution in [0.15, 0.2) is 24.3 Å². The summed E-state index contributed by atoms with van der Waals surface area (Å²) in [6, 6.07) is 6.42. The second-order valence-corrected chi connectivity index (χ2v) is 7.95. The molecule has 30 heavy (non-hydrogen) atoms. The fourth-order valence-corrected chi connectivity index (χ4v) is 4.78. The van der Waals surface area contributed by atoms with Crippen LogP contribution < -0.4 is 9.64 Å². The molecule has 4 rings (SSSR count). The van der Waals surface area contributed by atoms with Crippen molar-refractivity contribution in [2.75, 3.05) is 44.7 Å². The SMILES string of the molecule is COc1ccc(N2CCN(N3CCC(N4C(=O)CCCC4=O)C3C(=O)O)CC2)cc1. The molecule has 2 amide bonds. The summed E-state index contributed by atoms with van der Waals surface area (Å²) in [4.78, 5) is 40.3. The highest BCUT2D eigenvalue weighted by Gasteiger charge is 2.48. The molecule has 2 unspecified atom stereocenters. The predicted molar refractivity (Wildman–Crippen MR) is 109 cm³/mol. The maximum Gasteiger partial charge on any atom is 0.324 e. The van der Waals surface area contributed by atoms with Crippen molar-refractivity contribution in [3.05, 3.63) is 24.3 Å². The van der Waals surface area contributed by atoms with E-state index < -0.39 is 18.1 Å². The minimum absolute atomic E-state index is 0.242. The minimum Gasteiger partial charge on any atom is -0.497 e. The fourth-order valence-electron chi connectivity index (χ4n) is 4.78. The number of anilines is 1. The summed E-state index contributed by atoms with van der Waals surface area (Å²) < 4.78 is 5.21. The summed E-state index contributed by atoms with van der Waals surface area (Å²) in [7, 11) is 1.64. The molecule has 0 bridgehead atoms. The Morgan fingerprint density at radius 1 is 1.00 bits per heavy atom. The van der Waals surface area contributed by atoms with Crippen LogP contribution in [-0.4, -0.2) is 89.7 Å². The van der Waals surface area contributed by atoms with Crippen molar-refractivity contribution < 1.29 is 24.2 Å².